The number of aryl methyl sites for hydroxylation is 1. The highest BCUT2D eigenvalue weighted by molar-refractivity contribution is 5.94. The Morgan fingerprint density at radius 1 is 1.15 bits per heavy atom. The molecule has 1 amide bonds. The first kappa shape index (κ1) is 15.0. The van der Waals surface area contributed by atoms with E-state index in [2.05, 4.69) is 27.7 Å². The SMILES string of the molecule is Cc1ccc(NC(=O)C(C)NN2CCN(C)CC2)cc1. The first-order valence-corrected chi connectivity index (χ1v) is 7.12. The lowest BCUT2D eigenvalue weighted by atomic mass is 10.2. The molecule has 0 bridgehead atoms. The van der Waals surface area contributed by atoms with Gasteiger partial charge in [0.05, 0.1) is 6.04 Å². The maximum absolute atomic E-state index is 12.1. The summed E-state index contributed by atoms with van der Waals surface area (Å²) in [5, 5.41) is 5.05. The van der Waals surface area contributed by atoms with E-state index in [-0.39, 0.29) is 11.9 Å². The second-order valence-corrected chi connectivity index (χ2v) is 5.50. The van der Waals surface area contributed by atoms with Crippen molar-refractivity contribution in [1.29, 1.82) is 0 Å². The van der Waals surface area contributed by atoms with Crippen LogP contribution in [0, 0.1) is 6.92 Å². The van der Waals surface area contributed by atoms with Crippen LogP contribution >= 0.6 is 0 Å². The number of hydrazine groups is 1. The number of carbonyl (C=O) groups is 1. The largest absolute Gasteiger partial charge is 0.325 e. The third-order valence-corrected chi connectivity index (χ3v) is 3.59. The molecule has 5 nitrogen and oxygen atoms in total. The summed E-state index contributed by atoms with van der Waals surface area (Å²) < 4.78 is 0. The van der Waals surface area contributed by atoms with E-state index in [9.17, 15) is 4.79 Å². The molecule has 0 saturated carbocycles. The Morgan fingerprint density at radius 2 is 1.75 bits per heavy atom. The smallest absolute Gasteiger partial charge is 0.242 e. The van der Waals surface area contributed by atoms with Crippen molar-refractivity contribution < 1.29 is 4.79 Å². The molecule has 0 aromatic heterocycles. The lowest BCUT2D eigenvalue weighted by molar-refractivity contribution is -0.119. The molecule has 1 aliphatic rings. The van der Waals surface area contributed by atoms with Gasteiger partial charge in [-0.3, -0.25) is 4.79 Å². The molecule has 0 aliphatic carbocycles. The van der Waals surface area contributed by atoms with Gasteiger partial charge in [-0.1, -0.05) is 17.7 Å². The number of nitrogens with zero attached hydrogens (tertiary/aromatic N) is 2. The third kappa shape index (κ3) is 4.30. The van der Waals surface area contributed by atoms with Gasteiger partial charge in [-0.25, -0.2) is 10.4 Å². The molecule has 5 heteroatoms. The molecule has 0 radical (unpaired) electrons. The van der Waals surface area contributed by atoms with Crippen molar-refractivity contribution in [2.75, 3.05) is 38.5 Å². The molecule has 1 aromatic rings. The lowest BCUT2D eigenvalue weighted by Gasteiger charge is -2.34. The Morgan fingerprint density at radius 3 is 2.35 bits per heavy atom. The van der Waals surface area contributed by atoms with Crippen LogP contribution in [-0.4, -0.2) is 55.1 Å². The van der Waals surface area contributed by atoms with E-state index in [1.165, 1.54) is 5.56 Å². The quantitative estimate of drug-likeness (QED) is 0.864. The number of nitrogens with one attached hydrogen (secondary N) is 2. The van der Waals surface area contributed by atoms with Crippen LogP contribution in [0.4, 0.5) is 5.69 Å². The van der Waals surface area contributed by atoms with Gasteiger partial charge < -0.3 is 10.2 Å². The molecule has 20 heavy (non-hydrogen) atoms. The Kier molecular flexibility index (Phi) is 5.11. The summed E-state index contributed by atoms with van der Waals surface area (Å²) in [5.41, 5.74) is 5.29. The molecule has 1 fully saturated rings. The van der Waals surface area contributed by atoms with E-state index in [1.54, 1.807) is 0 Å². The van der Waals surface area contributed by atoms with Gasteiger partial charge in [0.15, 0.2) is 0 Å². The van der Waals surface area contributed by atoms with Crippen molar-refractivity contribution in [1.82, 2.24) is 15.3 Å². The fourth-order valence-corrected chi connectivity index (χ4v) is 2.16. The molecule has 1 aliphatic heterocycles. The zero-order valence-corrected chi connectivity index (χ0v) is 12.5. The average molecular weight is 276 g/mol. The molecular formula is C15H24N4O. The van der Waals surface area contributed by atoms with Crippen LogP contribution in [0.15, 0.2) is 24.3 Å². The molecule has 2 rings (SSSR count). The van der Waals surface area contributed by atoms with E-state index in [4.69, 9.17) is 0 Å². The van der Waals surface area contributed by atoms with Gasteiger partial charge in [-0.05, 0) is 33.0 Å². The van der Waals surface area contributed by atoms with Crippen LogP contribution in [0.2, 0.25) is 0 Å². The van der Waals surface area contributed by atoms with Crippen molar-refractivity contribution >= 4 is 11.6 Å². The minimum atomic E-state index is -0.236. The zero-order valence-electron chi connectivity index (χ0n) is 12.5. The lowest BCUT2D eigenvalue weighted by Crippen LogP contribution is -2.55. The first-order valence-electron chi connectivity index (χ1n) is 7.12. The standard InChI is InChI=1S/C15H24N4O/c1-12-4-6-14(7-5-12)16-15(20)13(2)17-19-10-8-18(3)9-11-19/h4-7,13,17H,8-11H2,1-3H3,(H,16,20). The van der Waals surface area contributed by atoms with E-state index in [0.717, 1.165) is 31.9 Å². The second kappa shape index (κ2) is 6.83. The predicted octanol–water partition coefficient (Wildman–Crippen LogP) is 1.07. The monoisotopic (exact) mass is 276 g/mol. The van der Waals surface area contributed by atoms with Crippen molar-refractivity contribution in [2.45, 2.75) is 19.9 Å². The van der Waals surface area contributed by atoms with Gasteiger partial charge in [-0.2, -0.15) is 0 Å². The zero-order chi connectivity index (χ0) is 14.5. The predicted molar refractivity (Wildman–Crippen MR) is 81.5 cm³/mol. The molecule has 1 heterocycles. The van der Waals surface area contributed by atoms with E-state index >= 15 is 0 Å². The maximum Gasteiger partial charge on any atom is 0.242 e. The fraction of sp³-hybridized carbons (Fsp3) is 0.533. The van der Waals surface area contributed by atoms with Crippen LogP contribution in [0.5, 0.6) is 0 Å². The fourth-order valence-electron chi connectivity index (χ4n) is 2.16. The normalized spacial score (nSPS) is 18.8. The number of amides is 1. The summed E-state index contributed by atoms with van der Waals surface area (Å²) >= 11 is 0. The Labute approximate surface area is 120 Å². The Hall–Kier alpha value is -1.43. The maximum atomic E-state index is 12.1. The van der Waals surface area contributed by atoms with Crippen LogP contribution in [0.3, 0.4) is 0 Å². The minimum Gasteiger partial charge on any atom is -0.325 e. The van der Waals surface area contributed by atoms with Crippen LogP contribution < -0.4 is 10.7 Å². The second-order valence-electron chi connectivity index (χ2n) is 5.50. The van der Waals surface area contributed by atoms with Crippen LogP contribution in [0.1, 0.15) is 12.5 Å². The van der Waals surface area contributed by atoms with E-state index in [1.807, 2.05) is 38.1 Å². The highest BCUT2D eigenvalue weighted by Crippen LogP contribution is 2.09. The van der Waals surface area contributed by atoms with Gasteiger partial charge in [-0.15, -0.1) is 0 Å². The summed E-state index contributed by atoms with van der Waals surface area (Å²) in [6.45, 7) is 7.86. The van der Waals surface area contributed by atoms with Gasteiger partial charge in [0.25, 0.3) is 0 Å². The van der Waals surface area contributed by atoms with Crippen molar-refractivity contribution in [3.05, 3.63) is 29.8 Å². The summed E-state index contributed by atoms with van der Waals surface area (Å²) in [6.07, 6.45) is 0. The molecular weight excluding hydrogens is 252 g/mol. The molecule has 2 N–H and O–H groups in total. The van der Waals surface area contributed by atoms with E-state index in [0.29, 0.717) is 0 Å². The minimum absolute atomic E-state index is 0.00668. The summed E-state index contributed by atoms with van der Waals surface area (Å²) in [7, 11) is 2.12. The average Bonchev–Trinajstić information content (AvgIpc) is 2.44. The highest BCUT2D eigenvalue weighted by atomic mass is 16.2. The number of hydrogen-bond donors (Lipinski definition) is 2. The molecule has 0 spiro atoms. The number of piperazine rings is 1. The molecule has 1 atom stereocenters. The first-order chi connectivity index (χ1) is 9.54. The summed E-state index contributed by atoms with van der Waals surface area (Å²) in [5.74, 6) is -0.00668. The molecule has 1 unspecified atom stereocenters. The van der Waals surface area contributed by atoms with E-state index < -0.39 is 0 Å². The van der Waals surface area contributed by atoms with Crippen molar-refractivity contribution in [3.8, 4) is 0 Å². The van der Waals surface area contributed by atoms with Crippen molar-refractivity contribution in [3.63, 3.8) is 0 Å². The van der Waals surface area contributed by atoms with Crippen LogP contribution in [-0.2, 0) is 4.79 Å². The molecule has 110 valence electrons. The number of carbonyl (C=O) groups excluding carboxylic acids is 1. The van der Waals surface area contributed by atoms with Gasteiger partial charge in [0.2, 0.25) is 5.91 Å². The summed E-state index contributed by atoms with van der Waals surface area (Å²) in [4.78, 5) is 14.4. The number of rotatable bonds is 4. The topological polar surface area (TPSA) is 47.6 Å². The Balaban J connectivity index is 1.81. The number of likely N-dealkylation sites (N-methyl/N-ethyl adjacent to an activating group) is 1. The Bertz CT molecular complexity index is 438. The van der Waals surface area contributed by atoms with Gasteiger partial charge in [0.1, 0.15) is 0 Å². The number of hydrogen-bond acceptors (Lipinski definition) is 4. The van der Waals surface area contributed by atoms with Gasteiger partial charge >= 0.3 is 0 Å². The summed E-state index contributed by atoms with van der Waals surface area (Å²) in [6, 6.07) is 7.60. The highest BCUT2D eigenvalue weighted by Gasteiger charge is 2.19. The molecule has 1 aromatic carbocycles. The van der Waals surface area contributed by atoms with Crippen LogP contribution in [0.25, 0.3) is 0 Å². The number of anilines is 1. The van der Waals surface area contributed by atoms with Crippen molar-refractivity contribution in [2.24, 2.45) is 0 Å². The van der Waals surface area contributed by atoms with Gasteiger partial charge in [0, 0.05) is 31.9 Å². The third-order valence-electron chi connectivity index (χ3n) is 3.59. The number of benzene rings is 1. The molecule has 1 saturated heterocycles.